The molecule has 2 fully saturated rings. The zero-order valence-corrected chi connectivity index (χ0v) is 21.3. The van der Waals surface area contributed by atoms with Crippen molar-refractivity contribution in [2.75, 3.05) is 12.3 Å². The molecule has 36 heavy (non-hydrogen) atoms. The van der Waals surface area contributed by atoms with Gasteiger partial charge in [-0.1, -0.05) is 61.0 Å². The third kappa shape index (κ3) is 4.59. The minimum Gasteiger partial charge on any atom is -0.356 e. The average molecular weight is 500 g/mol. The van der Waals surface area contributed by atoms with Crippen LogP contribution in [0.3, 0.4) is 0 Å². The molecule has 0 aliphatic carbocycles. The van der Waals surface area contributed by atoms with E-state index in [1.165, 1.54) is 37.9 Å². The summed E-state index contributed by atoms with van der Waals surface area (Å²) in [5.41, 5.74) is 1.40. The summed E-state index contributed by atoms with van der Waals surface area (Å²) in [5.74, 6) is 1.15. The fourth-order valence-corrected chi connectivity index (χ4v) is 7.59. The van der Waals surface area contributed by atoms with Crippen LogP contribution < -0.4 is 16.0 Å². The third-order valence-electron chi connectivity index (χ3n) is 7.89. The molecule has 4 aromatic rings. The molecular weight excluding hydrogens is 466 g/mol. The molecule has 0 spiro atoms. The number of aryl methyl sites for hydroxylation is 1. The molecule has 4 aromatic carbocycles. The van der Waals surface area contributed by atoms with Crippen molar-refractivity contribution < 1.29 is 9.59 Å². The van der Waals surface area contributed by atoms with Gasteiger partial charge in [0.05, 0.1) is 12.1 Å². The van der Waals surface area contributed by atoms with E-state index >= 15 is 0 Å². The second-order valence-electron chi connectivity index (χ2n) is 10.3. The monoisotopic (exact) mass is 499 g/mol. The van der Waals surface area contributed by atoms with Crippen LogP contribution >= 0.6 is 11.8 Å². The zero-order chi connectivity index (χ0) is 24.5. The van der Waals surface area contributed by atoms with Gasteiger partial charge in [-0.15, -0.1) is 0 Å². The first-order valence-corrected chi connectivity index (χ1v) is 14.3. The van der Waals surface area contributed by atoms with Gasteiger partial charge in [-0.2, -0.15) is 11.8 Å². The Hall–Kier alpha value is -2.99. The van der Waals surface area contributed by atoms with Gasteiger partial charge < -0.3 is 16.0 Å². The van der Waals surface area contributed by atoms with Gasteiger partial charge in [-0.05, 0) is 70.0 Å². The van der Waals surface area contributed by atoms with Crippen molar-refractivity contribution in [1.82, 2.24) is 16.0 Å². The topological polar surface area (TPSA) is 70.2 Å². The Bertz CT molecular complexity index is 1390. The van der Waals surface area contributed by atoms with E-state index in [0.29, 0.717) is 11.7 Å². The molecule has 0 saturated carbocycles. The molecule has 3 N–H and O–H groups in total. The summed E-state index contributed by atoms with van der Waals surface area (Å²) in [6, 6.07) is 20.5. The van der Waals surface area contributed by atoms with E-state index in [1.54, 1.807) is 0 Å². The molecule has 186 valence electrons. The first-order valence-electron chi connectivity index (χ1n) is 13.3. The Morgan fingerprint density at radius 1 is 0.889 bits per heavy atom. The molecule has 6 heteroatoms. The first kappa shape index (κ1) is 23.4. The molecule has 0 unspecified atom stereocenters. The normalized spacial score (nSPS) is 21.2. The van der Waals surface area contributed by atoms with E-state index in [2.05, 4.69) is 70.5 Å². The summed E-state index contributed by atoms with van der Waals surface area (Å²) in [7, 11) is 0. The first-order chi connectivity index (χ1) is 17.7. The number of unbranched alkanes of at least 4 members (excludes halogenated alkanes) is 2. The highest BCUT2D eigenvalue weighted by atomic mass is 32.2. The molecule has 0 bridgehead atoms. The number of urea groups is 1. The van der Waals surface area contributed by atoms with Crippen LogP contribution in [0, 0.1) is 0 Å². The smallest absolute Gasteiger partial charge is 0.315 e. The number of nitrogens with one attached hydrogen (secondary N) is 3. The molecule has 2 heterocycles. The second kappa shape index (κ2) is 10.2. The number of carbonyl (C=O) groups excluding carboxylic acids is 2. The van der Waals surface area contributed by atoms with E-state index in [-0.39, 0.29) is 24.0 Å². The van der Waals surface area contributed by atoms with E-state index in [4.69, 9.17) is 0 Å². The maximum atomic E-state index is 12.3. The number of rotatable bonds is 10. The molecule has 0 radical (unpaired) electrons. The summed E-state index contributed by atoms with van der Waals surface area (Å²) >= 11 is 1.94. The number of fused-ring (bicyclic) bond motifs is 1. The van der Waals surface area contributed by atoms with Gasteiger partial charge in [0, 0.05) is 24.0 Å². The summed E-state index contributed by atoms with van der Waals surface area (Å²) in [6.45, 7) is 0.741. The van der Waals surface area contributed by atoms with Crippen molar-refractivity contribution >= 4 is 56.0 Å². The Morgan fingerprint density at radius 3 is 2.53 bits per heavy atom. The number of hydrogen-bond donors (Lipinski definition) is 3. The second-order valence-corrected chi connectivity index (χ2v) is 11.5. The number of thioether (sulfide) groups is 1. The number of carbonyl (C=O) groups is 2. The predicted octanol–water partition coefficient (Wildman–Crippen LogP) is 5.75. The Morgan fingerprint density at radius 2 is 1.67 bits per heavy atom. The van der Waals surface area contributed by atoms with Crippen LogP contribution in [0.1, 0.15) is 44.1 Å². The standard InChI is InChI=1S/C30H33N3O2S/c34-26(10-2-1-9-25-29-24(18-36-25)32-30(35)33-29)31-17-4-3-6-19-11-12-22-14-13-20-7-5-8-21-15-16-23(19)28(22)27(20)21/h5,7-8,11-16,24-25,29H,1-4,6,9-10,17-18H2,(H,31,34)(H2,32,33,35)/t24-,25-,29-/m0/s1. The highest BCUT2D eigenvalue weighted by Crippen LogP contribution is 2.36. The largest absolute Gasteiger partial charge is 0.356 e. The van der Waals surface area contributed by atoms with Crippen molar-refractivity contribution in [3.05, 3.63) is 60.2 Å². The Balaban J connectivity index is 0.940. The minimum atomic E-state index is -0.0335. The minimum absolute atomic E-state index is 0.0335. The SMILES string of the molecule is O=C(CCCC[C@@H]1SC[C@@H]2NC(=O)N[C@@H]21)NCCCCc1ccc2ccc3cccc4ccc1c2c34. The molecule has 2 aliphatic heterocycles. The molecule has 3 atom stereocenters. The van der Waals surface area contributed by atoms with Crippen molar-refractivity contribution in [2.45, 2.75) is 62.3 Å². The summed E-state index contributed by atoms with van der Waals surface area (Å²) in [6.07, 6.45) is 6.65. The van der Waals surface area contributed by atoms with Crippen LogP contribution in [0.4, 0.5) is 4.79 Å². The highest BCUT2D eigenvalue weighted by Gasteiger charge is 2.42. The molecule has 6 rings (SSSR count). The number of benzene rings is 4. The zero-order valence-electron chi connectivity index (χ0n) is 20.5. The predicted molar refractivity (Wildman–Crippen MR) is 150 cm³/mol. The van der Waals surface area contributed by atoms with Crippen LogP contribution in [-0.2, 0) is 11.2 Å². The Labute approximate surface area is 216 Å². The lowest BCUT2D eigenvalue weighted by molar-refractivity contribution is -0.121. The van der Waals surface area contributed by atoms with E-state index in [1.807, 2.05) is 11.8 Å². The fourth-order valence-electron chi connectivity index (χ4n) is 6.04. The maximum absolute atomic E-state index is 12.3. The van der Waals surface area contributed by atoms with E-state index in [9.17, 15) is 9.59 Å². The van der Waals surface area contributed by atoms with Gasteiger partial charge in [0.1, 0.15) is 0 Å². The molecule has 2 aliphatic rings. The quantitative estimate of drug-likeness (QED) is 0.148. The Kier molecular flexibility index (Phi) is 6.61. The molecule has 5 nitrogen and oxygen atoms in total. The third-order valence-corrected chi connectivity index (χ3v) is 9.40. The van der Waals surface area contributed by atoms with Gasteiger partial charge >= 0.3 is 6.03 Å². The fraction of sp³-hybridized carbons (Fsp3) is 0.400. The van der Waals surface area contributed by atoms with Gasteiger partial charge in [0.25, 0.3) is 0 Å². The van der Waals surface area contributed by atoms with Crippen LogP contribution in [0.15, 0.2) is 54.6 Å². The summed E-state index contributed by atoms with van der Waals surface area (Å²) in [4.78, 5) is 23.8. The lowest BCUT2D eigenvalue weighted by atomic mass is 9.90. The van der Waals surface area contributed by atoms with Crippen LogP contribution in [0.2, 0.25) is 0 Å². The van der Waals surface area contributed by atoms with Crippen LogP contribution in [-0.4, -0.2) is 41.6 Å². The molecule has 0 aromatic heterocycles. The van der Waals surface area contributed by atoms with Gasteiger partial charge in [-0.3, -0.25) is 4.79 Å². The summed E-state index contributed by atoms with van der Waals surface area (Å²) < 4.78 is 0. The maximum Gasteiger partial charge on any atom is 0.315 e. The average Bonchev–Trinajstić information content (AvgIpc) is 3.44. The molecular formula is C30H33N3O2S. The van der Waals surface area contributed by atoms with E-state index < -0.39 is 0 Å². The molecule has 3 amide bonds. The van der Waals surface area contributed by atoms with Crippen LogP contribution in [0.5, 0.6) is 0 Å². The molecule has 2 saturated heterocycles. The van der Waals surface area contributed by atoms with Gasteiger partial charge in [0.2, 0.25) is 5.91 Å². The lowest BCUT2D eigenvalue weighted by Crippen LogP contribution is -2.36. The van der Waals surface area contributed by atoms with Crippen molar-refractivity contribution in [2.24, 2.45) is 0 Å². The summed E-state index contributed by atoms with van der Waals surface area (Å²) in [5, 5.41) is 17.6. The van der Waals surface area contributed by atoms with Crippen molar-refractivity contribution in [3.63, 3.8) is 0 Å². The number of amides is 3. The van der Waals surface area contributed by atoms with Gasteiger partial charge in [0.15, 0.2) is 0 Å². The highest BCUT2D eigenvalue weighted by molar-refractivity contribution is 8.00. The van der Waals surface area contributed by atoms with E-state index in [0.717, 1.165) is 50.8 Å². The van der Waals surface area contributed by atoms with Gasteiger partial charge in [-0.25, -0.2) is 4.79 Å². The lowest BCUT2D eigenvalue weighted by Gasteiger charge is -2.16. The van der Waals surface area contributed by atoms with Crippen molar-refractivity contribution in [3.8, 4) is 0 Å². The number of hydrogen-bond acceptors (Lipinski definition) is 3. The van der Waals surface area contributed by atoms with Crippen LogP contribution in [0.25, 0.3) is 32.3 Å². The van der Waals surface area contributed by atoms with Crippen molar-refractivity contribution in [1.29, 1.82) is 0 Å².